The Bertz CT molecular complexity index is 666. The number of benzene rings is 1. The number of piperidine rings is 1. The number of hydrogen-bond donors (Lipinski definition) is 1. The van der Waals surface area contributed by atoms with Gasteiger partial charge in [0.05, 0.1) is 23.2 Å². The van der Waals surface area contributed by atoms with Gasteiger partial charge in [-0.3, -0.25) is 4.79 Å². The summed E-state index contributed by atoms with van der Waals surface area (Å²) < 4.78 is 30.8. The van der Waals surface area contributed by atoms with Crippen LogP contribution in [-0.4, -0.2) is 50.6 Å². The van der Waals surface area contributed by atoms with Gasteiger partial charge in [-0.1, -0.05) is 23.7 Å². The zero-order valence-electron chi connectivity index (χ0n) is 13.7. The Balaban J connectivity index is 1.77. The number of rotatable bonds is 7. The van der Waals surface area contributed by atoms with Crippen molar-refractivity contribution in [2.75, 3.05) is 32.0 Å². The van der Waals surface area contributed by atoms with Gasteiger partial charge in [-0.15, -0.1) is 0 Å². The normalized spacial score (nSPS) is 19.0. The van der Waals surface area contributed by atoms with Crippen LogP contribution in [0.3, 0.4) is 0 Å². The second-order valence-corrected chi connectivity index (χ2v) is 8.33. The second-order valence-electron chi connectivity index (χ2n) is 5.67. The second kappa shape index (κ2) is 8.69. The van der Waals surface area contributed by atoms with Gasteiger partial charge in [0.15, 0.2) is 0 Å². The van der Waals surface area contributed by atoms with Crippen LogP contribution in [-0.2, 0) is 14.8 Å². The lowest BCUT2D eigenvalue weighted by Crippen LogP contribution is -2.46. The van der Waals surface area contributed by atoms with Crippen molar-refractivity contribution in [2.45, 2.75) is 19.8 Å². The highest BCUT2D eigenvalue weighted by Crippen LogP contribution is 2.23. The number of amides is 1. The Morgan fingerprint density at radius 2 is 2.17 bits per heavy atom. The summed E-state index contributed by atoms with van der Waals surface area (Å²) in [6.07, 6.45) is 1.40. The lowest BCUT2D eigenvalue weighted by Gasteiger charge is -2.30. The zero-order chi connectivity index (χ0) is 17.6. The number of hydrogen-bond acceptors (Lipinski definition) is 4. The third kappa shape index (κ3) is 5.09. The number of nitrogens with zero attached hydrogens (tertiary/aromatic N) is 1. The summed E-state index contributed by atoms with van der Waals surface area (Å²) in [5, 5.41) is 3.33. The van der Waals surface area contributed by atoms with Gasteiger partial charge in [0.25, 0.3) is 0 Å². The monoisotopic (exact) mass is 374 g/mol. The predicted molar refractivity (Wildman–Crippen MR) is 93.7 cm³/mol. The number of carbonyl (C=O) groups excluding carboxylic acids is 1. The third-order valence-electron chi connectivity index (χ3n) is 4.01. The van der Waals surface area contributed by atoms with Gasteiger partial charge < -0.3 is 10.1 Å². The molecule has 0 bridgehead atoms. The molecule has 1 fully saturated rings. The van der Waals surface area contributed by atoms with Crippen molar-refractivity contribution in [3.8, 4) is 5.75 Å². The maximum atomic E-state index is 12.2. The highest BCUT2D eigenvalue weighted by molar-refractivity contribution is 7.89. The molecule has 1 aliphatic heterocycles. The molecule has 0 spiro atoms. The molecule has 1 aromatic rings. The van der Waals surface area contributed by atoms with Crippen LogP contribution in [0.5, 0.6) is 5.75 Å². The van der Waals surface area contributed by atoms with Crippen molar-refractivity contribution >= 4 is 27.5 Å². The van der Waals surface area contributed by atoms with Crippen molar-refractivity contribution in [2.24, 2.45) is 5.92 Å². The number of sulfonamides is 1. The van der Waals surface area contributed by atoms with E-state index in [-0.39, 0.29) is 24.1 Å². The smallest absolute Gasteiger partial charge is 0.224 e. The molecule has 8 heteroatoms. The van der Waals surface area contributed by atoms with E-state index in [1.54, 1.807) is 19.1 Å². The molecule has 1 saturated heterocycles. The molecule has 6 nitrogen and oxygen atoms in total. The molecular formula is C16H23ClN2O4S. The molecule has 1 atom stereocenters. The maximum absolute atomic E-state index is 12.2. The van der Waals surface area contributed by atoms with E-state index in [0.717, 1.165) is 0 Å². The zero-order valence-corrected chi connectivity index (χ0v) is 15.3. The largest absolute Gasteiger partial charge is 0.490 e. The molecular weight excluding hydrogens is 352 g/mol. The number of para-hydroxylation sites is 1. The van der Waals surface area contributed by atoms with Gasteiger partial charge in [-0.05, 0) is 31.9 Å². The highest BCUT2D eigenvalue weighted by atomic mass is 35.5. The van der Waals surface area contributed by atoms with E-state index in [1.165, 1.54) is 4.31 Å². The first-order valence-electron chi connectivity index (χ1n) is 8.07. The molecule has 1 aliphatic rings. The standard InChI is InChI=1S/C16H23ClN2O4S/c1-2-24(21,22)19-10-5-6-13(12-19)16(20)18-9-11-23-15-8-4-3-7-14(15)17/h3-4,7-8,13H,2,5-6,9-12H2,1H3,(H,18,20)/t13-/m0/s1. The Morgan fingerprint density at radius 3 is 2.88 bits per heavy atom. The van der Waals surface area contributed by atoms with Gasteiger partial charge in [0, 0.05) is 13.1 Å². The lowest BCUT2D eigenvalue weighted by atomic mass is 9.99. The van der Waals surface area contributed by atoms with Crippen molar-refractivity contribution in [1.29, 1.82) is 0 Å². The minimum atomic E-state index is -3.24. The minimum absolute atomic E-state index is 0.0625. The summed E-state index contributed by atoms with van der Waals surface area (Å²) >= 11 is 5.99. The molecule has 1 amide bonds. The molecule has 0 aromatic heterocycles. The molecule has 0 radical (unpaired) electrons. The number of ether oxygens (including phenoxy) is 1. The Kier molecular flexibility index (Phi) is 6.89. The number of nitrogens with one attached hydrogen (secondary N) is 1. The highest BCUT2D eigenvalue weighted by Gasteiger charge is 2.31. The quantitative estimate of drug-likeness (QED) is 0.739. The average molecular weight is 375 g/mol. The third-order valence-corrected chi connectivity index (χ3v) is 6.17. The summed E-state index contributed by atoms with van der Waals surface area (Å²) in [4.78, 5) is 12.2. The van der Waals surface area contributed by atoms with E-state index < -0.39 is 10.0 Å². The van der Waals surface area contributed by atoms with Crippen LogP contribution in [0, 0.1) is 5.92 Å². The molecule has 0 aliphatic carbocycles. The van der Waals surface area contributed by atoms with E-state index in [4.69, 9.17) is 16.3 Å². The fourth-order valence-electron chi connectivity index (χ4n) is 2.63. The van der Waals surface area contributed by atoms with Crippen molar-refractivity contribution in [3.63, 3.8) is 0 Å². The summed E-state index contributed by atoms with van der Waals surface area (Å²) in [5.74, 6) is 0.202. The minimum Gasteiger partial charge on any atom is -0.490 e. The van der Waals surface area contributed by atoms with Crippen LogP contribution >= 0.6 is 11.6 Å². The Morgan fingerprint density at radius 1 is 1.42 bits per heavy atom. The first-order chi connectivity index (χ1) is 11.4. The Hall–Kier alpha value is -1.31. The number of carbonyl (C=O) groups is 1. The van der Waals surface area contributed by atoms with Gasteiger partial charge in [0.1, 0.15) is 12.4 Å². The first kappa shape index (κ1) is 19.0. The van der Waals surface area contributed by atoms with Crippen molar-refractivity contribution in [1.82, 2.24) is 9.62 Å². The lowest BCUT2D eigenvalue weighted by molar-refractivity contribution is -0.126. The van der Waals surface area contributed by atoms with E-state index in [0.29, 0.717) is 43.3 Å². The van der Waals surface area contributed by atoms with Gasteiger partial charge >= 0.3 is 0 Å². The first-order valence-corrected chi connectivity index (χ1v) is 10.1. The Labute approximate surface area is 148 Å². The van der Waals surface area contributed by atoms with Crippen molar-refractivity contribution < 1.29 is 17.9 Å². The maximum Gasteiger partial charge on any atom is 0.224 e. The van der Waals surface area contributed by atoms with Crippen molar-refractivity contribution in [3.05, 3.63) is 29.3 Å². The molecule has 1 N–H and O–H groups in total. The van der Waals surface area contributed by atoms with Crippen LogP contribution in [0.15, 0.2) is 24.3 Å². The van der Waals surface area contributed by atoms with Crippen LogP contribution in [0.4, 0.5) is 0 Å². The fraction of sp³-hybridized carbons (Fsp3) is 0.562. The summed E-state index contributed by atoms with van der Waals surface area (Å²) in [7, 11) is -3.24. The van der Waals surface area contributed by atoms with Gasteiger partial charge in [-0.25, -0.2) is 12.7 Å². The summed E-state index contributed by atoms with van der Waals surface area (Å²) in [5.41, 5.74) is 0. The molecule has 134 valence electrons. The van der Waals surface area contributed by atoms with E-state index in [1.807, 2.05) is 12.1 Å². The summed E-state index contributed by atoms with van der Waals surface area (Å²) in [6.45, 7) is 3.02. The van der Waals surface area contributed by atoms with E-state index in [2.05, 4.69) is 5.32 Å². The molecule has 1 heterocycles. The van der Waals surface area contributed by atoms with Crippen LogP contribution in [0.25, 0.3) is 0 Å². The molecule has 1 aromatic carbocycles. The average Bonchev–Trinajstić information content (AvgIpc) is 2.60. The summed E-state index contributed by atoms with van der Waals surface area (Å²) in [6, 6.07) is 7.14. The van der Waals surface area contributed by atoms with Gasteiger partial charge in [0.2, 0.25) is 15.9 Å². The molecule has 0 unspecified atom stereocenters. The number of halogens is 1. The molecule has 0 saturated carbocycles. The van der Waals surface area contributed by atoms with E-state index in [9.17, 15) is 13.2 Å². The molecule has 2 rings (SSSR count). The van der Waals surface area contributed by atoms with E-state index >= 15 is 0 Å². The van der Waals surface area contributed by atoms with Crippen LogP contribution < -0.4 is 10.1 Å². The fourth-order valence-corrected chi connectivity index (χ4v) is 4.00. The SMILES string of the molecule is CCS(=O)(=O)N1CCC[C@H](C(=O)NCCOc2ccccc2Cl)C1. The molecule has 24 heavy (non-hydrogen) atoms. The van der Waals surface area contributed by atoms with Crippen LogP contribution in [0.2, 0.25) is 5.02 Å². The van der Waals surface area contributed by atoms with Gasteiger partial charge in [-0.2, -0.15) is 0 Å². The van der Waals surface area contributed by atoms with Crippen LogP contribution in [0.1, 0.15) is 19.8 Å². The topological polar surface area (TPSA) is 75.7 Å². The predicted octanol–water partition coefficient (Wildman–Crippen LogP) is 1.90.